The molecule has 1 aromatic carbocycles. The van der Waals surface area contributed by atoms with Gasteiger partial charge >= 0.3 is 12.0 Å². The van der Waals surface area contributed by atoms with Crippen molar-refractivity contribution in [3.8, 4) is 0 Å². The molecule has 5 nitrogen and oxygen atoms in total. The summed E-state index contributed by atoms with van der Waals surface area (Å²) in [6, 6.07) is 4.46. The number of halogens is 1. The number of hydrogen-bond acceptors (Lipinski definition) is 2. The minimum absolute atomic E-state index is 0.365. The van der Waals surface area contributed by atoms with E-state index in [2.05, 4.69) is 21.2 Å². The standard InChI is InChI=1S/C13H15BrN2O3/c1-8-4-2-5-9(11(8)14)15-13(19)16-7-3-6-10(16)12(17)18/h2,4-5,10H,3,6-7H2,1H3,(H,15,19)(H,17,18)/t10-/m1/s1. The number of anilines is 1. The number of aryl methyl sites for hydroxylation is 1. The first-order chi connectivity index (χ1) is 9.00. The number of nitrogens with one attached hydrogen (secondary N) is 1. The number of carbonyl (C=O) groups excluding carboxylic acids is 1. The Balaban J connectivity index is 2.13. The van der Waals surface area contributed by atoms with Gasteiger partial charge in [0.1, 0.15) is 6.04 Å². The molecule has 2 rings (SSSR count). The highest BCUT2D eigenvalue weighted by Crippen LogP contribution is 2.27. The number of hydrogen-bond donors (Lipinski definition) is 2. The highest BCUT2D eigenvalue weighted by molar-refractivity contribution is 9.10. The molecule has 0 aliphatic carbocycles. The number of amides is 2. The Kier molecular flexibility index (Phi) is 4.09. The van der Waals surface area contributed by atoms with E-state index in [1.54, 1.807) is 6.07 Å². The lowest BCUT2D eigenvalue weighted by Crippen LogP contribution is -2.42. The minimum Gasteiger partial charge on any atom is -0.480 e. The van der Waals surface area contributed by atoms with Crippen molar-refractivity contribution in [1.29, 1.82) is 0 Å². The van der Waals surface area contributed by atoms with Gasteiger partial charge in [-0.15, -0.1) is 0 Å². The monoisotopic (exact) mass is 326 g/mol. The number of carboxylic acids is 1. The molecule has 2 N–H and O–H groups in total. The van der Waals surface area contributed by atoms with Crippen molar-refractivity contribution in [2.24, 2.45) is 0 Å². The van der Waals surface area contributed by atoms with Crippen LogP contribution in [0.5, 0.6) is 0 Å². The Morgan fingerprint density at radius 3 is 2.89 bits per heavy atom. The summed E-state index contributed by atoms with van der Waals surface area (Å²) >= 11 is 3.41. The summed E-state index contributed by atoms with van der Waals surface area (Å²) in [5.74, 6) is -0.948. The maximum Gasteiger partial charge on any atom is 0.326 e. The molecule has 1 aromatic rings. The zero-order valence-corrected chi connectivity index (χ0v) is 12.1. The first-order valence-electron chi connectivity index (χ1n) is 6.06. The Morgan fingerprint density at radius 2 is 2.21 bits per heavy atom. The van der Waals surface area contributed by atoms with E-state index < -0.39 is 12.0 Å². The van der Waals surface area contributed by atoms with Crippen molar-refractivity contribution in [2.45, 2.75) is 25.8 Å². The summed E-state index contributed by atoms with van der Waals surface area (Å²) in [7, 11) is 0. The van der Waals surface area contributed by atoms with Crippen molar-refractivity contribution in [1.82, 2.24) is 4.90 Å². The fourth-order valence-corrected chi connectivity index (χ4v) is 2.56. The average molecular weight is 327 g/mol. The lowest BCUT2D eigenvalue weighted by Gasteiger charge is -2.22. The van der Waals surface area contributed by atoms with Crippen LogP contribution in [0.1, 0.15) is 18.4 Å². The number of likely N-dealkylation sites (tertiary alicyclic amines) is 1. The van der Waals surface area contributed by atoms with Crippen molar-refractivity contribution >= 4 is 33.6 Å². The smallest absolute Gasteiger partial charge is 0.326 e. The van der Waals surface area contributed by atoms with Crippen molar-refractivity contribution in [3.63, 3.8) is 0 Å². The third-order valence-electron chi connectivity index (χ3n) is 3.23. The second kappa shape index (κ2) is 5.61. The van der Waals surface area contributed by atoms with E-state index >= 15 is 0 Å². The van der Waals surface area contributed by atoms with E-state index in [1.165, 1.54) is 4.90 Å². The minimum atomic E-state index is -0.948. The first kappa shape index (κ1) is 13.9. The number of carbonyl (C=O) groups is 2. The van der Waals surface area contributed by atoms with Crippen LogP contribution in [0.15, 0.2) is 22.7 Å². The van der Waals surface area contributed by atoms with Crippen molar-refractivity contribution in [3.05, 3.63) is 28.2 Å². The number of benzene rings is 1. The lowest BCUT2D eigenvalue weighted by atomic mass is 10.2. The molecule has 0 unspecified atom stereocenters. The van der Waals surface area contributed by atoms with Gasteiger partial charge in [0.2, 0.25) is 0 Å². The maximum atomic E-state index is 12.1. The second-order valence-electron chi connectivity index (χ2n) is 4.56. The average Bonchev–Trinajstić information content (AvgIpc) is 2.84. The van der Waals surface area contributed by atoms with E-state index in [0.717, 1.165) is 16.5 Å². The van der Waals surface area contributed by atoms with Crippen LogP contribution < -0.4 is 5.32 Å². The summed E-state index contributed by atoms with van der Waals surface area (Å²) in [5, 5.41) is 11.8. The Labute approximate surface area is 119 Å². The van der Waals surface area contributed by atoms with Gasteiger partial charge in [0, 0.05) is 11.0 Å². The molecular formula is C13H15BrN2O3. The van der Waals surface area contributed by atoms with Crippen molar-refractivity contribution < 1.29 is 14.7 Å². The normalized spacial score (nSPS) is 18.4. The van der Waals surface area contributed by atoms with E-state index in [0.29, 0.717) is 18.7 Å². The predicted octanol–water partition coefficient (Wildman–Crippen LogP) is 2.84. The molecule has 1 fully saturated rings. The number of aliphatic carboxylic acids is 1. The van der Waals surface area contributed by atoms with Gasteiger partial charge in [0.05, 0.1) is 5.69 Å². The van der Waals surface area contributed by atoms with Gasteiger partial charge in [0.15, 0.2) is 0 Å². The summed E-state index contributed by atoms with van der Waals surface area (Å²) in [6.07, 6.45) is 1.23. The zero-order valence-electron chi connectivity index (χ0n) is 10.5. The van der Waals surface area contributed by atoms with Crippen LogP contribution in [-0.2, 0) is 4.79 Å². The van der Waals surface area contributed by atoms with Gasteiger partial charge in [-0.2, -0.15) is 0 Å². The Bertz CT molecular complexity index is 519. The molecule has 1 atom stereocenters. The van der Waals surface area contributed by atoms with Crippen LogP contribution in [0.3, 0.4) is 0 Å². The maximum absolute atomic E-state index is 12.1. The molecular weight excluding hydrogens is 312 g/mol. The summed E-state index contributed by atoms with van der Waals surface area (Å²) in [6.45, 7) is 2.40. The molecule has 2 amide bonds. The molecule has 1 heterocycles. The third kappa shape index (κ3) is 2.89. The van der Waals surface area contributed by atoms with Gasteiger partial charge in [-0.3, -0.25) is 0 Å². The summed E-state index contributed by atoms with van der Waals surface area (Å²) < 4.78 is 0.814. The van der Waals surface area contributed by atoms with Gasteiger partial charge in [-0.1, -0.05) is 12.1 Å². The van der Waals surface area contributed by atoms with E-state index in [1.807, 2.05) is 19.1 Å². The molecule has 1 aliphatic heterocycles. The highest BCUT2D eigenvalue weighted by atomic mass is 79.9. The Hall–Kier alpha value is -1.56. The molecule has 0 radical (unpaired) electrons. The van der Waals surface area contributed by atoms with Gasteiger partial charge in [0.25, 0.3) is 0 Å². The van der Waals surface area contributed by atoms with Crippen LogP contribution in [0.2, 0.25) is 0 Å². The number of urea groups is 1. The lowest BCUT2D eigenvalue weighted by molar-refractivity contribution is -0.141. The van der Waals surface area contributed by atoms with Crippen LogP contribution in [0.25, 0.3) is 0 Å². The van der Waals surface area contributed by atoms with Crippen LogP contribution in [0, 0.1) is 6.92 Å². The Morgan fingerprint density at radius 1 is 1.47 bits per heavy atom. The summed E-state index contributed by atoms with van der Waals surface area (Å²) in [5.41, 5.74) is 1.66. The fraction of sp³-hybridized carbons (Fsp3) is 0.385. The SMILES string of the molecule is Cc1cccc(NC(=O)N2CCC[C@@H]2C(=O)O)c1Br. The molecule has 0 saturated carbocycles. The van der Waals surface area contributed by atoms with Gasteiger partial charge in [-0.25, -0.2) is 9.59 Å². The van der Waals surface area contributed by atoms with E-state index in [9.17, 15) is 9.59 Å². The molecule has 0 spiro atoms. The molecule has 19 heavy (non-hydrogen) atoms. The molecule has 6 heteroatoms. The molecule has 1 saturated heterocycles. The summed E-state index contributed by atoms with van der Waals surface area (Å²) in [4.78, 5) is 24.6. The fourth-order valence-electron chi connectivity index (χ4n) is 2.20. The molecule has 0 aromatic heterocycles. The van der Waals surface area contributed by atoms with Gasteiger partial charge in [-0.05, 0) is 47.3 Å². The quantitative estimate of drug-likeness (QED) is 0.877. The molecule has 102 valence electrons. The van der Waals surface area contributed by atoms with Crippen LogP contribution >= 0.6 is 15.9 Å². The molecule has 0 bridgehead atoms. The van der Waals surface area contributed by atoms with E-state index in [4.69, 9.17) is 5.11 Å². The van der Waals surface area contributed by atoms with Gasteiger partial charge < -0.3 is 15.3 Å². The zero-order chi connectivity index (χ0) is 14.0. The number of carboxylic acid groups (broad SMARTS) is 1. The third-order valence-corrected chi connectivity index (χ3v) is 4.28. The molecule has 1 aliphatic rings. The first-order valence-corrected chi connectivity index (χ1v) is 6.85. The predicted molar refractivity (Wildman–Crippen MR) is 75.3 cm³/mol. The van der Waals surface area contributed by atoms with Crippen LogP contribution in [-0.4, -0.2) is 34.6 Å². The second-order valence-corrected chi connectivity index (χ2v) is 5.35. The highest BCUT2D eigenvalue weighted by Gasteiger charge is 2.34. The topological polar surface area (TPSA) is 69.6 Å². The van der Waals surface area contributed by atoms with Crippen LogP contribution in [0.4, 0.5) is 10.5 Å². The largest absolute Gasteiger partial charge is 0.480 e. The van der Waals surface area contributed by atoms with E-state index in [-0.39, 0.29) is 6.03 Å². The number of nitrogens with zero attached hydrogens (tertiary/aromatic N) is 1. The van der Waals surface area contributed by atoms with Crippen molar-refractivity contribution in [2.75, 3.05) is 11.9 Å². The number of rotatable bonds is 2.